The fraction of sp³-hybridized carbons (Fsp3) is 0.190. The Morgan fingerprint density at radius 2 is 1.83 bits per heavy atom. The van der Waals surface area contributed by atoms with Gasteiger partial charge in [0.15, 0.2) is 11.6 Å². The van der Waals surface area contributed by atoms with Crippen molar-refractivity contribution in [1.29, 1.82) is 0 Å². The summed E-state index contributed by atoms with van der Waals surface area (Å²) in [6.07, 6.45) is 2.11. The lowest BCUT2D eigenvalue weighted by Gasteiger charge is -2.32. The first-order valence-electron chi connectivity index (χ1n) is 9.22. The third-order valence-corrected chi connectivity index (χ3v) is 6.31. The number of ketones is 1. The van der Waals surface area contributed by atoms with Crippen molar-refractivity contribution in [2.75, 3.05) is 5.32 Å². The summed E-state index contributed by atoms with van der Waals surface area (Å²) in [6.45, 7) is 0. The number of hydrogen-bond acceptors (Lipinski definition) is 4. The molecule has 0 radical (unpaired) electrons. The Hall–Kier alpha value is -2.34. The van der Waals surface area contributed by atoms with Gasteiger partial charge in [0.05, 0.1) is 15.1 Å². The molecule has 1 aliphatic heterocycles. The van der Waals surface area contributed by atoms with E-state index in [1.54, 1.807) is 22.9 Å². The number of carbonyl (C=O) groups excluding carboxylic acids is 1. The number of benzene rings is 2. The highest BCUT2D eigenvalue weighted by Crippen LogP contribution is 2.42. The van der Waals surface area contributed by atoms with E-state index in [1.807, 2.05) is 24.3 Å². The summed E-state index contributed by atoms with van der Waals surface area (Å²) in [4.78, 5) is 17.5. The number of nitrogens with zero attached hydrogens (tertiary/aromatic N) is 3. The minimum absolute atomic E-state index is 0.107. The largest absolute Gasteiger partial charge is 0.328 e. The van der Waals surface area contributed by atoms with Crippen LogP contribution in [0.25, 0.3) is 11.4 Å². The molecule has 29 heavy (non-hydrogen) atoms. The Balaban J connectivity index is 1.71. The molecule has 146 valence electrons. The topological polar surface area (TPSA) is 59.8 Å². The molecular weight excluding hydrogens is 431 g/mol. The van der Waals surface area contributed by atoms with Gasteiger partial charge < -0.3 is 5.32 Å². The monoisotopic (exact) mass is 444 g/mol. The van der Waals surface area contributed by atoms with E-state index in [9.17, 15) is 4.79 Å². The summed E-state index contributed by atoms with van der Waals surface area (Å²) in [5, 5.41) is 9.48. The van der Waals surface area contributed by atoms with Gasteiger partial charge in [-0.25, -0.2) is 4.68 Å². The molecule has 2 heterocycles. The van der Waals surface area contributed by atoms with Crippen molar-refractivity contribution in [2.45, 2.75) is 25.3 Å². The van der Waals surface area contributed by atoms with Gasteiger partial charge >= 0.3 is 0 Å². The van der Waals surface area contributed by atoms with Crippen LogP contribution in [0, 0.1) is 0 Å². The minimum Gasteiger partial charge on any atom is -0.328 e. The Bertz CT molecular complexity index is 1180. The van der Waals surface area contributed by atoms with Crippen LogP contribution >= 0.6 is 34.8 Å². The second-order valence-corrected chi connectivity index (χ2v) is 8.28. The second-order valence-electron chi connectivity index (χ2n) is 7.05. The van der Waals surface area contributed by atoms with Gasteiger partial charge in [0.25, 0.3) is 0 Å². The van der Waals surface area contributed by atoms with Crippen LogP contribution < -0.4 is 5.32 Å². The van der Waals surface area contributed by atoms with Crippen LogP contribution in [0.1, 0.15) is 30.9 Å². The van der Waals surface area contributed by atoms with E-state index in [0.29, 0.717) is 38.8 Å². The van der Waals surface area contributed by atoms with Gasteiger partial charge in [-0.15, -0.1) is 5.10 Å². The lowest BCUT2D eigenvalue weighted by atomic mass is 9.85. The van der Waals surface area contributed by atoms with E-state index >= 15 is 0 Å². The summed E-state index contributed by atoms with van der Waals surface area (Å²) >= 11 is 18.7. The SMILES string of the molecule is O=C1CCCC2=C1C(c1ccc(Cl)c(Cl)c1)n1nc(-c3ccccc3Cl)nc1N2. The average molecular weight is 446 g/mol. The van der Waals surface area contributed by atoms with Crippen molar-refractivity contribution in [3.63, 3.8) is 0 Å². The first-order chi connectivity index (χ1) is 14.0. The van der Waals surface area contributed by atoms with E-state index in [1.165, 1.54) is 0 Å². The molecule has 5 nitrogen and oxygen atoms in total. The average Bonchev–Trinajstić information content (AvgIpc) is 3.12. The van der Waals surface area contributed by atoms with Crippen molar-refractivity contribution in [1.82, 2.24) is 14.8 Å². The normalized spacial score (nSPS) is 18.3. The van der Waals surface area contributed by atoms with Gasteiger partial charge in [0.1, 0.15) is 6.04 Å². The lowest BCUT2D eigenvalue weighted by molar-refractivity contribution is -0.116. The maximum Gasteiger partial charge on any atom is 0.226 e. The van der Waals surface area contributed by atoms with Gasteiger partial charge in [0, 0.05) is 23.3 Å². The Morgan fingerprint density at radius 1 is 1.00 bits per heavy atom. The Labute approximate surface area is 182 Å². The van der Waals surface area contributed by atoms with Crippen LogP contribution in [-0.4, -0.2) is 20.5 Å². The predicted octanol–water partition coefficient (Wildman–Crippen LogP) is 5.93. The molecule has 1 unspecified atom stereocenters. The molecule has 0 saturated heterocycles. The van der Waals surface area contributed by atoms with Gasteiger partial charge in [-0.3, -0.25) is 4.79 Å². The number of nitrogens with one attached hydrogen (secondary N) is 1. The highest BCUT2D eigenvalue weighted by molar-refractivity contribution is 6.42. The molecule has 0 bridgehead atoms. The first kappa shape index (κ1) is 18.7. The summed E-state index contributed by atoms with van der Waals surface area (Å²) in [6, 6.07) is 12.4. The molecule has 0 amide bonds. The number of hydrogen-bond donors (Lipinski definition) is 1. The Morgan fingerprint density at radius 3 is 2.62 bits per heavy atom. The molecule has 8 heteroatoms. The van der Waals surface area contributed by atoms with E-state index in [0.717, 1.165) is 29.7 Å². The standard InChI is InChI=1S/C21H15Cl3N4O/c22-13-5-2-1-4-12(13)20-26-21-25-16-6-3-7-17(29)18(16)19(28(21)27-20)11-8-9-14(23)15(24)10-11/h1-2,4-5,8-10,19H,3,6-7H2,(H,25,26,27). The number of rotatable bonds is 2. The third-order valence-electron chi connectivity index (χ3n) is 5.24. The molecule has 2 aliphatic rings. The summed E-state index contributed by atoms with van der Waals surface area (Å²) in [5.41, 5.74) is 3.16. The number of aromatic nitrogens is 3. The van der Waals surface area contributed by atoms with Crippen LogP contribution in [0.2, 0.25) is 15.1 Å². The Kier molecular flexibility index (Phi) is 4.62. The smallest absolute Gasteiger partial charge is 0.226 e. The molecule has 1 aliphatic carbocycles. The number of allylic oxidation sites excluding steroid dienone is 2. The summed E-state index contributed by atoms with van der Waals surface area (Å²) in [7, 11) is 0. The van der Waals surface area contributed by atoms with E-state index in [-0.39, 0.29) is 5.78 Å². The zero-order chi connectivity index (χ0) is 20.1. The maximum absolute atomic E-state index is 12.9. The lowest BCUT2D eigenvalue weighted by Crippen LogP contribution is -2.31. The van der Waals surface area contributed by atoms with Crippen molar-refractivity contribution in [3.05, 3.63) is 74.4 Å². The van der Waals surface area contributed by atoms with Gasteiger partial charge in [-0.1, -0.05) is 53.0 Å². The van der Waals surface area contributed by atoms with Crippen LogP contribution in [0.15, 0.2) is 53.7 Å². The molecule has 2 aromatic carbocycles. The van der Waals surface area contributed by atoms with E-state index < -0.39 is 6.04 Å². The fourth-order valence-electron chi connectivity index (χ4n) is 3.90. The number of carbonyl (C=O) groups is 1. The molecule has 0 saturated carbocycles. The summed E-state index contributed by atoms with van der Waals surface area (Å²) < 4.78 is 1.74. The minimum atomic E-state index is -0.424. The molecule has 3 aromatic rings. The zero-order valence-corrected chi connectivity index (χ0v) is 17.4. The number of fused-ring (bicyclic) bond motifs is 1. The van der Waals surface area contributed by atoms with Gasteiger partial charge in [-0.05, 0) is 42.7 Å². The first-order valence-corrected chi connectivity index (χ1v) is 10.4. The van der Waals surface area contributed by atoms with E-state index in [2.05, 4.69) is 10.3 Å². The van der Waals surface area contributed by atoms with Gasteiger partial charge in [-0.2, -0.15) is 4.98 Å². The van der Waals surface area contributed by atoms with Crippen LogP contribution in [0.4, 0.5) is 5.95 Å². The quantitative estimate of drug-likeness (QED) is 0.531. The molecule has 5 rings (SSSR count). The molecule has 1 N–H and O–H groups in total. The second kappa shape index (κ2) is 7.17. The van der Waals surface area contributed by atoms with Crippen LogP contribution in [0.5, 0.6) is 0 Å². The third kappa shape index (κ3) is 3.14. The summed E-state index contributed by atoms with van der Waals surface area (Å²) in [5.74, 6) is 1.18. The van der Waals surface area contributed by atoms with Crippen molar-refractivity contribution >= 4 is 46.5 Å². The molecular formula is C21H15Cl3N4O. The molecule has 0 spiro atoms. The number of Topliss-reactive ketones (excluding diaryl/α,β-unsaturated/α-hetero) is 1. The van der Waals surface area contributed by atoms with Crippen LogP contribution in [-0.2, 0) is 4.79 Å². The highest BCUT2D eigenvalue weighted by Gasteiger charge is 2.37. The molecule has 1 aromatic heterocycles. The van der Waals surface area contributed by atoms with Crippen LogP contribution in [0.3, 0.4) is 0 Å². The predicted molar refractivity (Wildman–Crippen MR) is 115 cm³/mol. The van der Waals surface area contributed by atoms with Crippen molar-refractivity contribution in [3.8, 4) is 11.4 Å². The fourth-order valence-corrected chi connectivity index (χ4v) is 4.43. The van der Waals surface area contributed by atoms with Crippen molar-refractivity contribution < 1.29 is 4.79 Å². The number of halogens is 3. The zero-order valence-electron chi connectivity index (χ0n) is 15.1. The van der Waals surface area contributed by atoms with Crippen molar-refractivity contribution in [2.24, 2.45) is 0 Å². The maximum atomic E-state index is 12.9. The highest BCUT2D eigenvalue weighted by atomic mass is 35.5. The molecule has 0 fully saturated rings. The van der Waals surface area contributed by atoms with E-state index in [4.69, 9.17) is 39.9 Å². The van der Waals surface area contributed by atoms with Gasteiger partial charge in [0.2, 0.25) is 5.95 Å². The number of anilines is 1. The molecule has 1 atom stereocenters.